The first-order chi connectivity index (χ1) is 13.2. The van der Waals surface area contributed by atoms with Crippen LogP contribution in [0.4, 0.5) is 0 Å². The summed E-state index contributed by atoms with van der Waals surface area (Å²) in [5, 5.41) is 12.8. The number of benzene rings is 3. The van der Waals surface area contributed by atoms with E-state index >= 15 is 0 Å². The summed E-state index contributed by atoms with van der Waals surface area (Å²) in [5.41, 5.74) is 4.11. The van der Waals surface area contributed by atoms with E-state index in [2.05, 4.69) is 0 Å². The zero-order valence-electron chi connectivity index (χ0n) is 15.2. The molecular formula is C23H19NO3. The van der Waals surface area contributed by atoms with Crippen molar-refractivity contribution in [3.05, 3.63) is 84.4 Å². The Morgan fingerprint density at radius 3 is 2.11 bits per heavy atom. The van der Waals surface area contributed by atoms with Gasteiger partial charge in [0.15, 0.2) is 0 Å². The maximum absolute atomic E-state index is 12.8. The molecule has 0 unspecified atom stereocenters. The summed E-state index contributed by atoms with van der Waals surface area (Å²) < 4.78 is 12.8. The van der Waals surface area contributed by atoms with Crippen LogP contribution in [0.15, 0.2) is 83.3 Å². The number of rotatable bonds is 4. The minimum Gasteiger partial charge on any atom is -0.540 e. The molecule has 0 spiro atoms. The largest absolute Gasteiger partial charge is 0.540 e. The molecule has 0 atom stereocenters. The summed E-state index contributed by atoms with van der Waals surface area (Å²) in [6.45, 7) is 2.02. The molecule has 0 saturated carbocycles. The zero-order chi connectivity index (χ0) is 18.8. The SMILES string of the molecule is COc1ccc(-[n+]2c(-c3ccccc3)oc([O-])c2-c2ccc(C)cc2)cc1. The third-order valence-electron chi connectivity index (χ3n) is 4.49. The Morgan fingerprint density at radius 2 is 1.48 bits per heavy atom. The highest BCUT2D eigenvalue weighted by Crippen LogP contribution is 2.32. The van der Waals surface area contributed by atoms with Crippen molar-refractivity contribution in [3.8, 4) is 40.1 Å². The maximum Gasteiger partial charge on any atom is 0.275 e. The van der Waals surface area contributed by atoms with Crippen LogP contribution in [-0.4, -0.2) is 7.11 Å². The second kappa shape index (κ2) is 7.00. The molecule has 4 rings (SSSR count). The lowest BCUT2D eigenvalue weighted by Gasteiger charge is -2.05. The Kier molecular flexibility index (Phi) is 4.38. The lowest BCUT2D eigenvalue weighted by Crippen LogP contribution is -2.33. The van der Waals surface area contributed by atoms with Crippen LogP contribution in [0, 0.1) is 6.92 Å². The molecule has 4 heteroatoms. The van der Waals surface area contributed by atoms with E-state index < -0.39 is 0 Å². The van der Waals surface area contributed by atoms with Crippen LogP contribution in [0.25, 0.3) is 28.4 Å². The van der Waals surface area contributed by atoms with Gasteiger partial charge in [-0.25, -0.2) is 0 Å². The van der Waals surface area contributed by atoms with Crippen LogP contribution in [0.3, 0.4) is 0 Å². The summed E-state index contributed by atoms with van der Waals surface area (Å²) in [7, 11) is 1.63. The number of ether oxygens (including phenoxy) is 1. The van der Waals surface area contributed by atoms with Gasteiger partial charge in [-0.15, -0.1) is 4.57 Å². The van der Waals surface area contributed by atoms with Crippen LogP contribution < -0.4 is 14.4 Å². The summed E-state index contributed by atoms with van der Waals surface area (Å²) in [4.78, 5) is 0. The monoisotopic (exact) mass is 357 g/mol. The summed E-state index contributed by atoms with van der Waals surface area (Å²) in [6, 6.07) is 25.1. The fraction of sp³-hybridized carbons (Fsp3) is 0.0870. The minimum atomic E-state index is -0.367. The number of aryl methyl sites for hydroxylation is 1. The van der Waals surface area contributed by atoms with Crippen molar-refractivity contribution >= 4 is 0 Å². The standard InChI is InChI=1S/C23H19NO3/c1-16-8-10-17(11-9-16)21-23(25)27-22(18-6-4-3-5-7-18)24(21)19-12-14-20(26-2)15-13-19/h3-15H,1-2H3. The second-order valence-corrected chi connectivity index (χ2v) is 6.31. The summed E-state index contributed by atoms with van der Waals surface area (Å²) in [5.74, 6) is 0.887. The van der Waals surface area contributed by atoms with Gasteiger partial charge >= 0.3 is 0 Å². The maximum atomic E-state index is 12.8. The zero-order valence-corrected chi connectivity index (χ0v) is 15.2. The van der Waals surface area contributed by atoms with Gasteiger partial charge in [-0.3, -0.25) is 0 Å². The molecule has 1 heterocycles. The van der Waals surface area contributed by atoms with Gasteiger partial charge in [0.05, 0.1) is 12.7 Å². The molecule has 0 aliphatic rings. The minimum absolute atomic E-state index is 0.367. The van der Waals surface area contributed by atoms with Crippen molar-refractivity contribution in [1.82, 2.24) is 0 Å². The molecule has 27 heavy (non-hydrogen) atoms. The van der Waals surface area contributed by atoms with Crippen LogP contribution in [0.2, 0.25) is 0 Å². The first kappa shape index (κ1) is 16.9. The van der Waals surface area contributed by atoms with Crippen molar-refractivity contribution in [2.75, 3.05) is 7.11 Å². The Hall–Kier alpha value is -3.53. The molecule has 0 bridgehead atoms. The lowest BCUT2D eigenvalue weighted by molar-refractivity contribution is -0.576. The first-order valence-corrected chi connectivity index (χ1v) is 8.70. The van der Waals surface area contributed by atoms with E-state index in [4.69, 9.17) is 9.15 Å². The van der Waals surface area contributed by atoms with Crippen LogP contribution in [-0.2, 0) is 0 Å². The predicted molar refractivity (Wildman–Crippen MR) is 102 cm³/mol. The van der Waals surface area contributed by atoms with Gasteiger partial charge in [-0.05, 0) is 43.3 Å². The number of oxazole rings is 1. The van der Waals surface area contributed by atoms with Gasteiger partial charge in [-0.2, -0.15) is 0 Å². The molecule has 0 radical (unpaired) electrons. The van der Waals surface area contributed by atoms with Crippen molar-refractivity contribution in [1.29, 1.82) is 0 Å². The van der Waals surface area contributed by atoms with Gasteiger partial charge in [0, 0.05) is 17.7 Å². The Labute approximate surface area is 157 Å². The van der Waals surface area contributed by atoms with E-state index in [1.165, 1.54) is 0 Å². The van der Waals surface area contributed by atoms with Gasteiger partial charge in [0.25, 0.3) is 5.89 Å². The topological polar surface area (TPSA) is 49.3 Å². The van der Waals surface area contributed by atoms with Crippen LogP contribution >= 0.6 is 0 Å². The molecule has 0 N–H and O–H groups in total. The van der Waals surface area contributed by atoms with Crippen LogP contribution in [0.1, 0.15) is 5.56 Å². The number of aromatic nitrogens is 1. The molecule has 0 fully saturated rings. The first-order valence-electron chi connectivity index (χ1n) is 8.70. The van der Waals surface area contributed by atoms with Crippen LogP contribution in [0.5, 0.6) is 11.7 Å². The molecule has 0 aliphatic heterocycles. The van der Waals surface area contributed by atoms with Gasteiger partial charge in [-0.1, -0.05) is 35.9 Å². The second-order valence-electron chi connectivity index (χ2n) is 6.31. The van der Waals surface area contributed by atoms with Gasteiger partial charge in [0.1, 0.15) is 11.7 Å². The van der Waals surface area contributed by atoms with E-state index in [1.54, 1.807) is 7.11 Å². The average Bonchev–Trinajstić information content (AvgIpc) is 3.06. The Bertz CT molecular complexity index is 1050. The normalized spacial score (nSPS) is 10.7. The smallest absolute Gasteiger partial charge is 0.275 e. The van der Waals surface area contributed by atoms with E-state index in [0.717, 1.165) is 28.1 Å². The van der Waals surface area contributed by atoms with Crippen molar-refractivity contribution in [2.45, 2.75) is 6.92 Å². The Balaban J connectivity index is 1.98. The highest BCUT2D eigenvalue weighted by atomic mass is 16.5. The number of hydrogen-bond acceptors (Lipinski definition) is 3. The number of nitrogens with zero attached hydrogens (tertiary/aromatic N) is 1. The molecule has 0 aliphatic carbocycles. The predicted octanol–water partition coefficient (Wildman–Crippen LogP) is 4.28. The summed E-state index contributed by atoms with van der Waals surface area (Å²) in [6.07, 6.45) is 0. The highest BCUT2D eigenvalue weighted by Gasteiger charge is 2.26. The Morgan fingerprint density at radius 1 is 0.815 bits per heavy atom. The third-order valence-corrected chi connectivity index (χ3v) is 4.49. The molecule has 1 aromatic heterocycles. The molecule has 4 aromatic rings. The summed E-state index contributed by atoms with van der Waals surface area (Å²) >= 11 is 0. The average molecular weight is 357 g/mol. The van der Waals surface area contributed by atoms with E-state index in [1.807, 2.05) is 90.4 Å². The molecule has 0 amide bonds. The van der Waals surface area contributed by atoms with Gasteiger partial charge in [0.2, 0.25) is 11.4 Å². The number of hydrogen-bond donors (Lipinski definition) is 0. The van der Waals surface area contributed by atoms with E-state index in [9.17, 15) is 5.11 Å². The highest BCUT2D eigenvalue weighted by molar-refractivity contribution is 5.64. The fourth-order valence-corrected chi connectivity index (χ4v) is 3.08. The fourth-order valence-electron chi connectivity index (χ4n) is 3.08. The van der Waals surface area contributed by atoms with Gasteiger partial charge < -0.3 is 14.3 Å². The molecule has 134 valence electrons. The molecule has 3 aromatic carbocycles. The quantitative estimate of drug-likeness (QED) is 0.512. The van der Waals surface area contributed by atoms with E-state index in [0.29, 0.717) is 11.6 Å². The molecule has 0 saturated heterocycles. The molecule has 4 nitrogen and oxygen atoms in total. The van der Waals surface area contributed by atoms with Crippen molar-refractivity contribution in [2.24, 2.45) is 0 Å². The van der Waals surface area contributed by atoms with Crippen molar-refractivity contribution < 1.29 is 18.8 Å². The van der Waals surface area contributed by atoms with E-state index in [-0.39, 0.29) is 5.95 Å². The van der Waals surface area contributed by atoms with Crippen molar-refractivity contribution in [3.63, 3.8) is 0 Å². The number of methoxy groups -OCH3 is 1. The lowest BCUT2D eigenvalue weighted by atomic mass is 10.1. The third kappa shape index (κ3) is 3.17. The molecular weight excluding hydrogens is 338 g/mol.